The zero-order valence-electron chi connectivity index (χ0n) is 16.5. The highest BCUT2D eigenvalue weighted by Gasteiger charge is 2.32. The number of amides is 3. The summed E-state index contributed by atoms with van der Waals surface area (Å²) in [6.45, 7) is 5.83. The number of likely N-dealkylation sites (tertiary alicyclic amines) is 2. The minimum atomic E-state index is -0.109. The predicted octanol–water partition coefficient (Wildman–Crippen LogP) is 2.60. The standard InChI is InChI=1S/C21H29N3O4/c1-15-6-9-23(10-7-15)20(25)17-3-2-8-24(13-17)21(26)22-12-16-4-5-18-19(11-16)28-14-27-18/h4-5,11,15,17H,2-3,6-10,12-14H2,1H3,(H,22,26)/t17-/m0/s1. The van der Waals surface area contributed by atoms with E-state index in [1.54, 1.807) is 4.90 Å². The Morgan fingerprint density at radius 1 is 1.07 bits per heavy atom. The molecule has 1 atom stereocenters. The van der Waals surface area contributed by atoms with Gasteiger partial charge in [0, 0.05) is 32.7 Å². The summed E-state index contributed by atoms with van der Waals surface area (Å²) in [5.74, 6) is 2.30. The molecule has 0 saturated carbocycles. The van der Waals surface area contributed by atoms with Gasteiger partial charge in [-0.25, -0.2) is 4.79 Å². The second kappa shape index (κ2) is 8.29. The van der Waals surface area contributed by atoms with E-state index in [-0.39, 0.29) is 24.6 Å². The molecule has 1 aromatic rings. The van der Waals surface area contributed by atoms with Crippen molar-refractivity contribution in [2.24, 2.45) is 11.8 Å². The maximum atomic E-state index is 12.9. The summed E-state index contributed by atoms with van der Waals surface area (Å²) in [6.07, 6.45) is 3.91. The van der Waals surface area contributed by atoms with Gasteiger partial charge in [0.15, 0.2) is 11.5 Å². The lowest BCUT2D eigenvalue weighted by atomic mass is 9.93. The number of carbonyl (C=O) groups excluding carboxylic acids is 2. The molecule has 1 N–H and O–H groups in total. The van der Waals surface area contributed by atoms with Crippen LogP contribution in [0, 0.1) is 11.8 Å². The van der Waals surface area contributed by atoms with Crippen LogP contribution in [-0.2, 0) is 11.3 Å². The number of rotatable bonds is 3. The van der Waals surface area contributed by atoms with Crippen molar-refractivity contribution in [3.8, 4) is 11.5 Å². The summed E-state index contributed by atoms with van der Waals surface area (Å²) in [4.78, 5) is 29.3. The molecule has 28 heavy (non-hydrogen) atoms. The molecule has 0 aliphatic carbocycles. The van der Waals surface area contributed by atoms with E-state index in [0.29, 0.717) is 31.3 Å². The van der Waals surface area contributed by atoms with Gasteiger partial charge in [0.2, 0.25) is 12.7 Å². The molecule has 152 valence electrons. The van der Waals surface area contributed by atoms with Crippen LogP contribution in [0.15, 0.2) is 18.2 Å². The van der Waals surface area contributed by atoms with Crippen LogP contribution in [0.5, 0.6) is 11.5 Å². The van der Waals surface area contributed by atoms with Crippen molar-refractivity contribution < 1.29 is 19.1 Å². The molecular formula is C21H29N3O4. The molecule has 0 bridgehead atoms. The average molecular weight is 387 g/mol. The third-order valence-electron chi connectivity index (χ3n) is 6.03. The molecule has 0 unspecified atom stereocenters. The van der Waals surface area contributed by atoms with E-state index in [2.05, 4.69) is 12.2 Å². The molecule has 3 aliphatic rings. The lowest BCUT2D eigenvalue weighted by molar-refractivity contribution is -0.138. The summed E-state index contributed by atoms with van der Waals surface area (Å²) in [6, 6.07) is 5.57. The normalized spacial score (nSPS) is 22.2. The number of piperidine rings is 2. The van der Waals surface area contributed by atoms with E-state index < -0.39 is 0 Å². The van der Waals surface area contributed by atoms with Crippen molar-refractivity contribution in [1.82, 2.24) is 15.1 Å². The third-order valence-corrected chi connectivity index (χ3v) is 6.03. The largest absolute Gasteiger partial charge is 0.454 e. The fraction of sp³-hybridized carbons (Fsp3) is 0.619. The Kier molecular flexibility index (Phi) is 5.59. The zero-order chi connectivity index (χ0) is 19.5. The van der Waals surface area contributed by atoms with E-state index in [4.69, 9.17) is 9.47 Å². The average Bonchev–Trinajstić information content (AvgIpc) is 3.20. The zero-order valence-corrected chi connectivity index (χ0v) is 16.5. The summed E-state index contributed by atoms with van der Waals surface area (Å²) in [5, 5.41) is 2.97. The molecule has 3 aliphatic heterocycles. The van der Waals surface area contributed by atoms with Gasteiger partial charge in [-0.1, -0.05) is 13.0 Å². The van der Waals surface area contributed by atoms with Gasteiger partial charge in [-0.3, -0.25) is 4.79 Å². The van der Waals surface area contributed by atoms with Gasteiger partial charge in [0.25, 0.3) is 0 Å². The highest BCUT2D eigenvalue weighted by atomic mass is 16.7. The van der Waals surface area contributed by atoms with Gasteiger partial charge in [-0.2, -0.15) is 0 Å². The SMILES string of the molecule is CC1CCN(C(=O)[C@H]2CCCN(C(=O)NCc3ccc4c(c3)OCO4)C2)CC1. The number of hydrogen-bond donors (Lipinski definition) is 1. The molecule has 7 nitrogen and oxygen atoms in total. The van der Waals surface area contributed by atoms with Crippen LogP contribution in [0.1, 0.15) is 38.2 Å². The quantitative estimate of drug-likeness (QED) is 0.865. The first-order valence-electron chi connectivity index (χ1n) is 10.3. The van der Waals surface area contributed by atoms with E-state index in [0.717, 1.165) is 50.1 Å². The summed E-state index contributed by atoms with van der Waals surface area (Å²) >= 11 is 0. The van der Waals surface area contributed by atoms with Crippen LogP contribution >= 0.6 is 0 Å². The highest BCUT2D eigenvalue weighted by molar-refractivity contribution is 5.81. The predicted molar refractivity (Wildman–Crippen MR) is 104 cm³/mol. The molecule has 7 heteroatoms. The smallest absolute Gasteiger partial charge is 0.317 e. The summed E-state index contributed by atoms with van der Waals surface area (Å²) < 4.78 is 10.7. The molecule has 1 aromatic carbocycles. The number of hydrogen-bond acceptors (Lipinski definition) is 4. The molecule has 3 heterocycles. The lowest BCUT2D eigenvalue weighted by Gasteiger charge is -2.37. The van der Waals surface area contributed by atoms with Crippen LogP contribution in [0.2, 0.25) is 0 Å². The Bertz CT molecular complexity index is 730. The van der Waals surface area contributed by atoms with Crippen molar-refractivity contribution in [3.05, 3.63) is 23.8 Å². The van der Waals surface area contributed by atoms with Gasteiger partial charge in [-0.05, 0) is 49.3 Å². The van der Waals surface area contributed by atoms with Crippen LogP contribution in [0.3, 0.4) is 0 Å². The van der Waals surface area contributed by atoms with Crippen LogP contribution < -0.4 is 14.8 Å². The fourth-order valence-electron chi connectivity index (χ4n) is 4.19. The lowest BCUT2D eigenvalue weighted by Crippen LogP contribution is -2.50. The molecule has 3 amide bonds. The fourth-order valence-corrected chi connectivity index (χ4v) is 4.19. The molecule has 2 saturated heterocycles. The first-order valence-corrected chi connectivity index (χ1v) is 10.3. The second-order valence-electron chi connectivity index (χ2n) is 8.14. The summed E-state index contributed by atoms with van der Waals surface area (Å²) in [7, 11) is 0. The van der Waals surface area contributed by atoms with Gasteiger partial charge >= 0.3 is 6.03 Å². The monoisotopic (exact) mass is 387 g/mol. The van der Waals surface area contributed by atoms with E-state index in [1.165, 1.54) is 0 Å². The van der Waals surface area contributed by atoms with Gasteiger partial charge in [0.05, 0.1) is 5.92 Å². The molecule has 0 aromatic heterocycles. The van der Waals surface area contributed by atoms with Crippen molar-refractivity contribution in [1.29, 1.82) is 0 Å². The maximum Gasteiger partial charge on any atom is 0.317 e. The topological polar surface area (TPSA) is 71.1 Å². The Hall–Kier alpha value is -2.44. The number of carbonyl (C=O) groups is 2. The van der Waals surface area contributed by atoms with Gasteiger partial charge < -0.3 is 24.6 Å². The Balaban J connectivity index is 1.29. The summed E-state index contributed by atoms with van der Waals surface area (Å²) in [5.41, 5.74) is 0.963. The molecular weight excluding hydrogens is 358 g/mol. The van der Waals surface area contributed by atoms with Crippen molar-refractivity contribution >= 4 is 11.9 Å². The van der Waals surface area contributed by atoms with Crippen LogP contribution in [0.25, 0.3) is 0 Å². The number of fused-ring (bicyclic) bond motifs is 1. The first-order chi connectivity index (χ1) is 13.6. The number of urea groups is 1. The third kappa shape index (κ3) is 4.18. The van der Waals surface area contributed by atoms with Crippen molar-refractivity contribution in [2.75, 3.05) is 33.0 Å². The minimum absolute atomic E-state index is 0.0709. The number of ether oxygens (including phenoxy) is 2. The minimum Gasteiger partial charge on any atom is -0.454 e. The van der Waals surface area contributed by atoms with Crippen molar-refractivity contribution in [2.45, 2.75) is 39.2 Å². The Morgan fingerprint density at radius 3 is 2.68 bits per heavy atom. The second-order valence-corrected chi connectivity index (χ2v) is 8.14. The molecule has 4 rings (SSSR count). The number of benzene rings is 1. The first kappa shape index (κ1) is 18.9. The number of nitrogens with zero attached hydrogens (tertiary/aromatic N) is 2. The molecule has 2 fully saturated rings. The maximum absolute atomic E-state index is 12.9. The Labute approximate surface area is 166 Å². The van der Waals surface area contributed by atoms with E-state index >= 15 is 0 Å². The highest BCUT2D eigenvalue weighted by Crippen LogP contribution is 2.32. The van der Waals surface area contributed by atoms with E-state index in [1.807, 2.05) is 23.1 Å². The number of nitrogens with one attached hydrogen (secondary N) is 1. The molecule has 0 radical (unpaired) electrons. The van der Waals surface area contributed by atoms with Crippen LogP contribution in [0.4, 0.5) is 4.79 Å². The van der Waals surface area contributed by atoms with Crippen LogP contribution in [-0.4, -0.2) is 54.7 Å². The molecule has 0 spiro atoms. The van der Waals surface area contributed by atoms with E-state index in [9.17, 15) is 9.59 Å². The van der Waals surface area contributed by atoms with Gasteiger partial charge in [0.1, 0.15) is 0 Å². The Morgan fingerprint density at radius 2 is 1.86 bits per heavy atom. The van der Waals surface area contributed by atoms with Crippen molar-refractivity contribution in [3.63, 3.8) is 0 Å². The van der Waals surface area contributed by atoms with Gasteiger partial charge in [-0.15, -0.1) is 0 Å².